The van der Waals surface area contributed by atoms with Gasteiger partial charge in [0, 0.05) is 6.07 Å². The number of carbonyl (C=O) groups is 1. The summed E-state index contributed by atoms with van der Waals surface area (Å²) in [5, 5.41) is 23.2. The number of benzene rings is 1. The van der Waals surface area contributed by atoms with Gasteiger partial charge in [0.1, 0.15) is 11.2 Å². The molecule has 1 fully saturated rings. The molecule has 0 radical (unpaired) electrons. The number of nitrogens with zero attached hydrogens (tertiary/aromatic N) is 1. The number of nitrogens with one attached hydrogen (secondary N) is 1. The number of hydrogen-bond acceptors (Lipinski definition) is 4. The van der Waals surface area contributed by atoms with Gasteiger partial charge in [0.05, 0.1) is 4.92 Å². The van der Waals surface area contributed by atoms with Crippen LogP contribution in [0.3, 0.4) is 0 Å². The summed E-state index contributed by atoms with van der Waals surface area (Å²) in [5.74, 6) is -0.962. The van der Waals surface area contributed by atoms with E-state index in [0.717, 1.165) is 18.4 Å². The van der Waals surface area contributed by atoms with Gasteiger partial charge in [0.2, 0.25) is 0 Å². The van der Waals surface area contributed by atoms with Gasteiger partial charge in [-0.25, -0.2) is 4.79 Å². The molecule has 19 heavy (non-hydrogen) atoms. The molecule has 6 nitrogen and oxygen atoms in total. The summed E-state index contributed by atoms with van der Waals surface area (Å²) in [5.41, 5.74) is -0.143. The Hall–Kier alpha value is -2.11. The molecule has 2 rings (SSSR count). The van der Waals surface area contributed by atoms with E-state index in [2.05, 4.69) is 5.32 Å². The molecule has 6 heteroatoms. The van der Waals surface area contributed by atoms with E-state index in [4.69, 9.17) is 0 Å². The Kier molecular flexibility index (Phi) is 3.18. The fourth-order valence-corrected chi connectivity index (χ4v) is 2.18. The number of aliphatic carboxylic acids is 1. The number of nitro groups is 1. The molecule has 0 amide bonds. The van der Waals surface area contributed by atoms with Crippen LogP contribution in [0, 0.1) is 23.0 Å². The van der Waals surface area contributed by atoms with Crippen molar-refractivity contribution in [3.05, 3.63) is 33.9 Å². The van der Waals surface area contributed by atoms with E-state index >= 15 is 0 Å². The Morgan fingerprint density at radius 1 is 1.53 bits per heavy atom. The number of hydrogen-bond donors (Lipinski definition) is 2. The molecule has 0 bridgehead atoms. The van der Waals surface area contributed by atoms with Gasteiger partial charge in [0.15, 0.2) is 0 Å². The second-order valence-corrected chi connectivity index (χ2v) is 5.18. The number of rotatable bonds is 5. The summed E-state index contributed by atoms with van der Waals surface area (Å²) < 4.78 is 0. The molecular formula is C13H16N2O4. The highest BCUT2D eigenvalue weighted by atomic mass is 16.6. The highest BCUT2D eigenvalue weighted by Gasteiger charge is 2.48. The van der Waals surface area contributed by atoms with Crippen LogP contribution in [0.4, 0.5) is 11.4 Å². The Balaban J connectivity index is 2.38. The molecule has 0 saturated heterocycles. The summed E-state index contributed by atoms with van der Waals surface area (Å²) >= 11 is 0. The molecule has 0 heterocycles. The molecular weight excluding hydrogens is 248 g/mol. The van der Waals surface area contributed by atoms with Crippen LogP contribution < -0.4 is 5.32 Å². The van der Waals surface area contributed by atoms with Gasteiger partial charge < -0.3 is 10.4 Å². The van der Waals surface area contributed by atoms with E-state index < -0.39 is 16.4 Å². The van der Waals surface area contributed by atoms with E-state index in [1.807, 2.05) is 6.92 Å². The van der Waals surface area contributed by atoms with Crippen LogP contribution in [0.2, 0.25) is 0 Å². The normalized spacial score (nSPS) is 17.6. The Morgan fingerprint density at radius 3 is 2.63 bits per heavy atom. The highest BCUT2D eigenvalue weighted by molar-refractivity contribution is 5.84. The smallest absolute Gasteiger partial charge is 0.329 e. The molecule has 0 aromatic heterocycles. The van der Waals surface area contributed by atoms with Crippen LogP contribution in [-0.2, 0) is 4.79 Å². The van der Waals surface area contributed by atoms with Gasteiger partial charge in [-0.3, -0.25) is 10.1 Å². The van der Waals surface area contributed by atoms with E-state index in [0.29, 0.717) is 0 Å². The molecule has 0 aliphatic heterocycles. The number of carboxylic acids is 1. The lowest BCUT2D eigenvalue weighted by molar-refractivity contribution is -0.384. The zero-order valence-electron chi connectivity index (χ0n) is 10.8. The van der Waals surface area contributed by atoms with Crippen molar-refractivity contribution in [1.82, 2.24) is 0 Å². The van der Waals surface area contributed by atoms with Crippen molar-refractivity contribution in [3.8, 4) is 0 Å². The van der Waals surface area contributed by atoms with Crippen molar-refractivity contribution < 1.29 is 14.8 Å². The summed E-state index contributed by atoms with van der Waals surface area (Å²) in [6.45, 7) is 3.39. The van der Waals surface area contributed by atoms with Crippen molar-refractivity contribution in [3.63, 3.8) is 0 Å². The number of nitro benzene ring substituents is 1. The van der Waals surface area contributed by atoms with Gasteiger partial charge in [0.25, 0.3) is 5.69 Å². The third kappa shape index (κ3) is 2.52. The molecule has 2 N–H and O–H groups in total. The lowest BCUT2D eigenvalue weighted by atomic mass is 9.95. The molecule has 102 valence electrons. The van der Waals surface area contributed by atoms with Crippen LogP contribution in [0.15, 0.2) is 18.2 Å². The van der Waals surface area contributed by atoms with Crippen LogP contribution in [-0.4, -0.2) is 21.5 Å². The standard InChI is InChI=1S/C13H16N2O4/c1-8-3-6-11(15(18)19)10(7-8)14-13(2,12(16)17)9-4-5-9/h3,6-7,9,14H,4-5H2,1-2H3,(H,16,17). The van der Waals surface area contributed by atoms with Gasteiger partial charge in [-0.05, 0) is 44.2 Å². The zero-order valence-corrected chi connectivity index (χ0v) is 10.8. The topological polar surface area (TPSA) is 92.5 Å². The Morgan fingerprint density at radius 2 is 2.16 bits per heavy atom. The Labute approximate surface area is 110 Å². The Bertz CT molecular complexity index is 539. The predicted molar refractivity (Wildman–Crippen MR) is 70.2 cm³/mol. The van der Waals surface area contributed by atoms with Gasteiger partial charge in [-0.2, -0.15) is 0 Å². The van der Waals surface area contributed by atoms with Crippen LogP contribution >= 0.6 is 0 Å². The zero-order chi connectivity index (χ0) is 14.2. The van der Waals surface area contributed by atoms with Crippen LogP contribution in [0.25, 0.3) is 0 Å². The lowest BCUT2D eigenvalue weighted by Crippen LogP contribution is -2.45. The summed E-state index contributed by atoms with van der Waals surface area (Å²) in [4.78, 5) is 21.9. The minimum absolute atomic E-state index is 0.0186. The summed E-state index contributed by atoms with van der Waals surface area (Å²) in [6.07, 6.45) is 1.66. The fraction of sp³-hybridized carbons (Fsp3) is 0.462. The van der Waals surface area contributed by atoms with E-state index in [9.17, 15) is 20.0 Å². The first-order valence-corrected chi connectivity index (χ1v) is 6.11. The largest absolute Gasteiger partial charge is 0.480 e. The second-order valence-electron chi connectivity index (χ2n) is 5.18. The maximum atomic E-state index is 11.4. The molecule has 1 aliphatic carbocycles. The lowest BCUT2D eigenvalue weighted by Gasteiger charge is -2.27. The number of carboxylic acid groups (broad SMARTS) is 1. The third-order valence-electron chi connectivity index (χ3n) is 3.58. The molecule has 0 spiro atoms. The molecule has 1 atom stereocenters. The molecule has 1 aliphatic rings. The van der Waals surface area contributed by atoms with Gasteiger partial charge in [-0.15, -0.1) is 0 Å². The quantitative estimate of drug-likeness (QED) is 0.629. The minimum Gasteiger partial charge on any atom is -0.480 e. The summed E-state index contributed by atoms with van der Waals surface area (Å²) in [7, 11) is 0. The SMILES string of the molecule is Cc1ccc([N+](=O)[O-])c(NC(C)(C(=O)O)C2CC2)c1. The maximum Gasteiger partial charge on any atom is 0.329 e. The van der Waals surface area contributed by atoms with E-state index in [1.165, 1.54) is 6.07 Å². The first kappa shape index (κ1) is 13.3. The van der Waals surface area contributed by atoms with Gasteiger partial charge >= 0.3 is 5.97 Å². The second kappa shape index (κ2) is 4.53. The number of anilines is 1. The molecule has 1 aromatic carbocycles. The summed E-state index contributed by atoms with van der Waals surface area (Å²) in [6, 6.07) is 4.65. The molecule has 1 unspecified atom stereocenters. The minimum atomic E-state index is -1.15. The first-order valence-electron chi connectivity index (χ1n) is 6.11. The van der Waals surface area contributed by atoms with Crippen LogP contribution in [0.5, 0.6) is 0 Å². The van der Waals surface area contributed by atoms with Crippen molar-refractivity contribution in [2.75, 3.05) is 5.32 Å². The van der Waals surface area contributed by atoms with E-state index in [1.54, 1.807) is 19.1 Å². The fourth-order valence-electron chi connectivity index (χ4n) is 2.18. The highest BCUT2D eigenvalue weighted by Crippen LogP contribution is 2.42. The third-order valence-corrected chi connectivity index (χ3v) is 3.58. The van der Waals surface area contributed by atoms with Gasteiger partial charge in [-0.1, -0.05) is 6.07 Å². The van der Waals surface area contributed by atoms with Crippen molar-refractivity contribution >= 4 is 17.3 Å². The predicted octanol–water partition coefficient (Wildman–Crippen LogP) is 2.57. The monoisotopic (exact) mass is 264 g/mol. The number of aryl methyl sites for hydroxylation is 1. The van der Waals surface area contributed by atoms with Crippen LogP contribution in [0.1, 0.15) is 25.3 Å². The average molecular weight is 264 g/mol. The molecule has 1 aromatic rings. The first-order chi connectivity index (χ1) is 8.84. The van der Waals surface area contributed by atoms with Crippen molar-refractivity contribution in [2.24, 2.45) is 5.92 Å². The maximum absolute atomic E-state index is 11.4. The average Bonchev–Trinajstić information content (AvgIpc) is 3.12. The van der Waals surface area contributed by atoms with Crippen molar-refractivity contribution in [1.29, 1.82) is 0 Å². The van der Waals surface area contributed by atoms with Crippen molar-refractivity contribution in [2.45, 2.75) is 32.2 Å². The molecule has 1 saturated carbocycles. The van der Waals surface area contributed by atoms with E-state index in [-0.39, 0.29) is 17.3 Å².